The molecular weight excluding hydrogens is 287 g/mol. The largest absolute Gasteiger partial charge is 0.439 e. The van der Waals surface area contributed by atoms with Crippen molar-refractivity contribution in [3.63, 3.8) is 0 Å². The summed E-state index contributed by atoms with van der Waals surface area (Å²) in [5, 5.41) is 0. The number of halogens is 2. The van der Waals surface area contributed by atoms with Crippen LogP contribution in [-0.2, 0) is 6.54 Å². The lowest BCUT2D eigenvalue weighted by Crippen LogP contribution is -2.46. The first-order chi connectivity index (χ1) is 8.24. The summed E-state index contributed by atoms with van der Waals surface area (Å²) in [5.41, 5.74) is 1.66. The molecule has 0 bridgehead atoms. The molecule has 0 atom stereocenters. The maximum atomic E-state index is 12.3. The zero-order valence-electron chi connectivity index (χ0n) is 9.20. The van der Waals surface area contributed by atoms with Crippen molar-refractivity contribution in [2.45, 2.75) is 6.54 Å². The fourth-order valence-electron chi connectivity index (χ4n) is 2.11. The highest BCUT2D eigenvalue weighted by Crippen LogP contribution is 2.23. The summed E-state index contributed by atoms with van der Waals surface area (Å²) >= 11 is 3.40. The van der Waals surface area contributed by atoms with E-state index in [9.17, 15) is 4.39 Å². The fraction of sp³-hybridized carbons (Fsp3) is 0.417. The molecule has 1 aliphatic rings. The number of rotatable bonds is 3. The zero-order valence-corrected chi connectivity index (χ0v) is 10.8. The zero-order chi connectivity index (χ0) is 11.8. The Hall–Kier alpha value is -0.940. The van der Waals surface area contributed by atoms with Gasteiger partial charge in [-0.05, 0) is 18.2 Å². The average Bonchev–Trinajstić information content (AvgIpc) is 2.64. The van der Waals surface area contributed by atoms with Crippen molar-refractivity contribution in [1.82, 2.24) is 9.88 Å². The first kappa shape index (κ1) is 11.2. The van der Waals surface area contributed by atoms with Gasteiger partial charge in [-0.15, -0.1) is 0 Å². The summed E-state index contributed by atoms with van der Waals surface area (Å²) in [6, 6.07) is 5.76. The third-order valence-corrected chi connectivity index (χ3v) is 3.50. The van der Waals surface area contributed by atoms with E-state index in [2.05, 4.69) is 25.8 Å². The number of nitrogens with zero attached hydrogens (tertiary/aromatic N) is 2. The number of likely N-dealkylation sites (tertiary alicyclic amines) is 1. The van der Waals surface area contributed by atoms with Gasteiger partial charge in [0.2, 0.25) is 5.89 Å². The Morgan fingerprint density at radius 2 is 2.29 bits per heavy atom. The van der Waals surface area contributed by atoms with E-state index in [-0.39, 0.29) is 12.6 Å². The van der Waals surface area contributed by atoms with Crippen LogP contribution in [0.5, 0.6) is 0 Å². The minimum absolute atomic E-state index is 0.202. The van der Waals surface area contributed by atoms with Crippen LogP contribution in [0.2, 0.25) is 0 Å². The van der Waals surface area contributed by atoms with Crippen molar-refractivity contribution >= 4 is 27.0 Å². The molecule has 0 aliphatic carbocycles. The molecule has 0 saturated carbocycles. The summed E-state index contributed by atoms with van der Waals surface area (Å²) in [6.45, 7) is 2.05. The van der Waals surface area contributed by atoms with E-state index in [0.29, 0.717) is 12.4 Å². The second kappa shape index (κ2) is 4.38. The van der Waals surface area contributed by atoms with Crippen molar-refractivity contribution in [2.24, 2.45) is 5.92 Å². The second-order valence-electron chi connectivity index (χ2n) is 4.43. The molecule has 0 N–H and O–H groups in total. The lowest BCUT2D eigenvalue weighted by molar-refractivity contribution is 0.0661. The number of fused-ring (bicyclic) bond motifs is 1. The van der Waals surface area contributed by atoms with Crippen LogP contribution in [0.15, 0.2) is 27.1 Å². The van der Waals surface area contributed by atoms with Gasteiger partial charge in [-0.1, -0.05) is 15.9 Å². The van der Waals surface area contributed by atoms with Crippen LogP contribution >= 0.6 is 15.9 Å². The van der Waals surface area contributed by atoms with Crippen molar-refractivity contribution in [3.05, 3.63) is 28.6 Å². The molecule has 2 aromatic rings. The number of hydrogen-bond acceptors (Lipinski definition) is 3. The molecule has 1 aromatic carbocycles. The van der Waals surface area contributed by atoms with E-state index in [4.69, 9.17) is 4.42 Å². The third-order valence-electron chi connectivity index (χ3n) is 3.00. The first-order valence-electron chi connectivity index (χ1n) is 5.58. The van der Waals surface area contributed by atoms with E-state index < -0.39 is 0 Å². The topological polar surface area (TPSA) is 29.3 Å². The Morgan fingerprint density at radius 1 is 1.47 bits per heavy atom. The third kappa shape index (κ3) is 2.21. The maximum absolute atomic E-state index is 12.3. The molecule has 1 aliphatic heterocycles. The first-order valence-corrected chi connectivity index (χ1v) is 6.37. The van der Waals surface area contributed by atoms with Crippen LogP contribution in [0.3, 0.4) is 0 Å². The van der Waals surface area contributed by atoms with Crippen LogP contribution in [-0.4, -0.2) is 29.6 Å². The summed E-state index contributed by atoms with van der Waals surface area (Å²) in [5.74, 6) is 0.906. The van der Waals surface area contributed by atoms with Gasteiger partial charge >= 0.3 is 0 Å². The quantitative estimate of drug-likeness (QED) is 0.872. The summed E-state index contributed by atoms with van der Waals surface area (Å²) in [4.78, 5) is 6.56. The molecule has 2 heterocycles. The van der Waals surface area contributed by atoms with Gasteiger partial charge < -0.3 is 4.42 Å². The lowest BCUT2D eigenvalue weighted by atomic mass is 10.0. The Balaban J connectivity index is 1.73. The molecule has 3 nitrogen and oxygen atoms in total. The maximum Gasteiger partial charge on any atom is 0.209 e. The molecule has 0 amide bonds. The predicted molar refractivity (Wildman–Crippen MR) is 66.5 cm³/mol. The molecule has 0 radical (unpaired) electrons. The molecule has 1 saturated heterocycles. The van der Waals surface area contributed by atoms with E-state index in [0.717, 1.165) is 28.7 Å². The van der Waals surface area contributed by atoms with Crippen molar-refractivity contribution in [3.8, 4) is 0 Å². The Kier molecular flexibility index (Phi) is 2.88. The molecule has 5 heteroatoms. The van der Waals surface area contributed by atoms with E-state index in [1.807, 2.05) is 18.2 Å². The standard InChI is InChI=1S/C12H12BrFN2O/c13-9-1-2-11-10(3-9)15-12(17-11)7-16-5-8(4-14)6-16/h1-3,8H,4-7H2. The molecular formula is C12H12BrFN2O. The van der Waals surface area contributed by atoms with E-state index >= 15 is 0 Å². The molecule has 90 valence electrons. The highest BCUT2D eigenvalue weighted by atomic mass is 79.9. The van der Waals surface area contributed by atoms with Crippen molar-refractivity contribution < 1.29 is 8.81 Å². The van der Waals surface area contributed by atoms with Gasteiger partial charge in [-0.3, -0.25) is 9.29 Å². The summed E-state index contributed by atoms with van der Waals surface area (Å²) in [7, 11) is 0. The number of hydrogen-bond donors (Lipinski definition) is 0. The van der Waals surface area contributed by atoms with Gasteiger partial charge in [-0.2, -0.15) is 0 Å². The Labute approximate surface area is 107 Å². The Bertz CT molecular complexity index is 536. The van der Waals surface area contributed by atoms with Gasteiger partial charge in [0.25, 0.3) is 0 Å². The smallest absolute Gasteiger partial charge is 0.209 e. The minimum atomic E-state index is -0.225. The van der Waals surface area contributed by atoms with Crippen molar-refractivity contribution in [1.29, 1.82) is 0 Å². The van der Waals surface area contributed by atoms with Crippen LogP contribution < -0.4 is 0 Å². The minimum Gasteiger partial charge on any atom is -0.439 e. The monoisotopic (exact) mass is 298 g/mol. The number of benzene rings is 1. The van der Waals surface area contributed by atoms with Gasteiger partial charge in [-0.25, -0.2) is 4.98 Å². The summed E-state index contributed by atoms with van der Waals surface area (Å²) < 4.78 is 18.9. The summed E-state index contributed by atoms with van der Waals surface area (Å²) in [6.07, 6.45) is 0. The number of aromatic nitrogens is 1. The van der Waals surface area contributed by atoms with Gasteiger partial charge in [0.15, 0.2) is 5.58 Å². The Morgan fingerprint density at radius 3 is 3.06 bits per heavy atom. The lowest BCUT2D eigenvalue weighted by Gasteiger charge is -2.36. The van der Waals surface area contributed by atoms with Crippen LogP contribution in [0.4, 0.5) is 4.39 Å². The fourth-order valence-corrected chi connectivity index (χ4v) is 2.46. The number of alkyl halides is 1. The van der Waals surface area contributed by atoms with Crippen molar-refractivity contribution in [2.75, 3.05) is 19.8 Å². The van der Waals surface area contributed by atoms with Gasteiger partial charge in [0, 0.05) is 23.5 Å². The molecule has 3 rings (SSSR count). The molecule has 1 aromatic heterocycles. The van der Waals surface area contributed by atoms with Gasteiger partial charge in [0.1, 0.15) is 5.52 Å². The van der Waals surface area contributed by atoms with E-state index in [1.165, 1.54) is 0 Å². The predicted octanol–water partition coefficient (Wildman–Crippen LogP) is 2.99. The van der Waals surface area contributed by atoms with Gasteiger partial charge in [0.05, 0.1) is 13.2 Å². The highest BCUT2D eigenvalue weighted by Gasteiger charge is 2.27. The van der Waals surface area contributed by atoms with E-state index in [1.54, 1.807) is 0 Å². The second-order valence-corrected chi connectivity index (χ2v) is 5.35. The molecule has 0 unspecified atom stereocenters. The van der Waals surface area contributed by atoms with Crippen LogP contribution in [0, 0.1) is 5.92 Å². The molecule has 17 heavy (non-hydrogen) atoms. The average molecular weight is 299 g/mol. The molecule has 0 spiro atoms. The van der Waals surface area contributed by atoms with Crippen LogP contribution in [0.25, 0.3) is 11.1 Å². The van der Waals surface area contributed by atoms with Crippen LogP contribution in [0.1, 0.15) is 5.89 Å². The number of oxazole rings is 1. The molecule has 1 fully saturated rings. The normalized spacial score (nSPS) is 17.5. The SMILES string of the molecule is FCC1CN(Cc2nc3cc(Br)ccc3o2)C1. The highest BCUT2D eigenvalue weighted by molar-refractivity contribution is 9.10.